The topological polar surface area (TPSA) is 139 Å². The van der Waals surface area contributed by atoms with E-state index in [1.54, 1.807) is 24.4 Å². The fourth-order valence-corrected chi connectivity index (χ4v) is 3.95. The van der Waals surface area contributed by atoms with Gasteiger partial charge in [-0.25, -0.2) is 14.4 Å². The molecule has 1 unspecified atom stereocenters. The van der Waals surface area contributed by atoms with Crippen LogP contribution in [0.5, 0.6) is 0 Å². The molecule has 3 N–H and O–H groups in total. The van der Waals surface area contributed by atoms with E-state index in [0.717, 1.165) is 24.2 Å². The molecule has 11 heteroatoms. The Morgan fingerprint density at radius 3 is 2.73 bits per heavy atom. The van der Waals surface area contributed by atoms with Gasteiger partial charge >= 0.3 is 0 Å². The first-order valence-electron chi connectivity index (χ1n) is 12.1. The maximum absolute atomic E-state index is 15.0. The maximum Gasteiger partial charge on any atom is 0.292 e. The number of aromatic amines is 1. The highest BCUT2D eigenvalue weighted by Crippen LogP contribution is 2.30. The van der Waals surface area contributed by atoms with Crippen LogP contribution in [-0.2, 0) is 16.8 Å². The monoisotopic (exact) mass is 507 g/mol. The Balaban J connectivity index is 1.51. The van der Waals surface area contributed by atoms with Gasteiger partial charge in [0.05, 0.1) is 5.52 Å². The summed E-state index contributed by atoms with van der Waals surface area (Å²) in [5, 5.41) is 9.03. The van der Waals surface area contributed by atoms with E-state index in [4.69, 9.17) is 4.52 Å². The van der Waals surface area contributed by atoms with E-state index >= 15 is 4.39 Å². The molecule has 0 aliphatic rings. The lowest BCUT2D eigenvalue weighted by Gasteiger charge is -2.11. The first-order valence-corrected chi connectivity index (χ1v) is 12.1. The molecule has 0 aliphatic carbocycles. The predicted molar refractivity (Wildman–Crippen MR) is 135 cm³/mol. The van der Waals surface area contributed by atoms with Crippen molar-refractivity contribution in [2.75, 3.05) is 6.54 Å². The summed E-state index contributed by atoms with van der Waals surface area (Å²) in [5.74, 6) is 0.150. The van der Waals surface area contributed by atoms with Gasteiger partial charge in [0.25, 0.3) is 11.7 Å². The van der Waals surface area contributed by atoms with Gasteiger partial charge in [0.15, 0.2) is 5.65 Å². The third-order valence-electron chi connectivity index (χ3n) is 6.08. The van der Waals surface area contributed by atoms with E-state index in [1.165, 1.54) is 6.07 Å². The number of nitrogens with one attached hydrogen (secondary N) is 3. The van der Waals surface area contributed by atoms with Crippen molar-refractivity contribution in [3.8, 4) is 11.1 Å². The number of carbonyl (C=O) groups is 2. The summed E-state index contributed by atoms with van der Waals surface area (Å²) in [6.07, 6.45) is 3.90. The van der Waals surface area contributed by atoms with E-state index in [-0.39, 0.29) is 23.7 Å². The van der Waals surface area contributed by atoms with Crippen molar-refractivity contribution in [2.45, 2.75) is 58.4 Å². The highest BCUT2D eigenvalue weighted by Gasteiger charge is 2.24. The Kier molecular flexibility index (Phi) is 7.61. The molecule has 0 bridgehead atoms. The molecule has 0 saturated carbocycles. The number of amides is 2. The molecule has 0 saturated heterocycles. The van der Waals surface area contributed by atoms with E-state index in [0.29, 0.717) is 41.1 Å². The molecule has 0 fully saturated rings. The summed E-state index contributed by atoms with van der Waals surface area (Å²) in [5.41, 5.74) is 2.61. The fourth-order valence-electron chi connectivity index (χ4n) is 3.95. The molecule has 194 valence electrons. The van der Waals surface area contributed by atoms with Gasteiger partial charge in [0.2, 0.25) is 12.3 Å². The van der Waals surface area contributed by atoms with E-state index in [1.807, 2.05) is 20.8 Å². The van der Waals surface area contributed by atoms with Gasteiger partial charge in [-0.3, -0.25) is 9.59 Å². The highest BCUT2D eigenvalue weighted by atomic mass is 19.1. The van der Waals surface area contributed by atoms with Crippen LogP contribution in [0.1, 0.15) is 74.4 Å². The smallest absolute Gasteiger partial charge is 0.292 e. The molecule has 2 amide bonds. The van der Waals surface area contributed by atoms with Crippen LogP contribution in [0.3, 0.4) is 0 Å². The first kappa shape index (κ1) is 25.9. The molecule has 0 radical (unpaired) electrons. The Morgan fingerprint density at radius 1 is 1.24 bits per heavy atom. The number of hydrogen-bond donors (Lipinski definition) is 3. The maximum atomic E-state index is 15.0. The number of carbonyl (C=O) groups excluding carboxylic acids is 2. The number of aromatic nitrogens is 5. The summed E-state index contributed by atoms with van der Waals surface area (Å²) in [7, 11) is 0. The van der Waals surface area contributed by atoms with Crippen LogP contribution in [0.25, 0.3) is 22.3 Å². The molecule has 4 aromatic rings. The normalized spacial score (nSPS) is 12.5. The summed E-state index contributed by atoms with van der Waals surface area (Å²) < 4.78 is 20.2. The lowest BCUT2D eigenvalue weighted by molar-refractivity contribution is -0.109. The first-order chi connectivity index (χ1) is 17.7. The zero-order valence-electron chi connectivity index (χ0n) is 21.3. The van der Waals surface area contributed by atoms with E-state index in [2.05, 4.69) is 42.6 Å². The number of nitrogens with zero attached hydrogens (tertiary/aromatic N) is 4. The summed E-state index contributed by atoms with van der Waals surface area (Å²) in [6, 6.07) is 6.65. The largest absolute Gasteiger partial charge is 0.359 e. The molecule has 1 aromatic carbocycles. The number of benzene rings is 1. The van der Waals surface area contributed by atoms with Crippen LogP contribution >= 0.6 is 0 Å². The minimum Gasteiger partial charge on any atom is -0.359 e. The Labute approximate surface area is 213 Å². The van der Waals surface area contributed by atoms with Crippen molar-refractivity contribution in [1.29, 1.82) is 0 Å². The zero-order chi connectivity index (χ0) is 26.6. The van der Waals surface area contributed by atoms with Crippen LogP contribution in [0.4, 0.5) is 4.39 Å². The number of pyridine rings is 1. The SMILES string of the molecule is CCC(CCNC=O)c1nc2nccc(-c3ccc(CNC(=O)c4noc(C(C)(C)C)n4)c(F)c3)c2[nH]1. The van der Waals surface area contributed by atoms with Crippen LogP contribution in [0, 0.1) is 5.82 Å². The lowest BCUT2D eigenvalue weighted by atomic mass is 9.97. The van der Waals surface area contributed by atoms with Gasteiger partial charge in [-0.2, -0.15) is 4.98 Å². The highest BCUT2D eigenvalue weighted by molar-refractivity contribution is 5.90. The molecule has 10 nitrogen and oxygen atoms in total. The molecule has 37 heavy (non-hydrogen) atoms. The van der Waals surface area contributed by atoms with Crippen molar-refractivity contribution in [3.05, 3.63) is 59.4 Å². The molecule has 3 heterocycles. The number of rotatable bonds is 10. The quantitative estimate of drug-likeness (QED) is 0.218. The average molecular weight is 508 g/mol. The number of imidazole rings is 1. The van der Waals surface area contributed by atoms with Crippen molar-refractivity contribution in [3.63, 3.8) is 0 Å². The van der Waals surface area contributed by atoms with Gasteiger partial charge in [0, 0.05) is 41.7 Å². The minimum absolute atomic E-state index is 0.0305. The van der Waals surface area contributed by atoms with E-state index < -0.39 is 11.7 Å². The molecule has 0 aliphatic heterocycles. The number of fused-ring (bicyclic) bond motifs is 1. The summed E-state index contributed by atoms with van der Waals surface area (Å²) in [4.78, 5) is 39.5. The van der Waals surface area contributed by atoms with Gasteiger partial charge in [-0.15, -0.1) is 0 Å². The third-order valence-corrected chi connectivity index (χ3v) is 6.08. The standard InChI is InChI=1S/C26H30FN7O3/c1-5-15(8-10-28-14-35)21-31-20-18(9-11-29-22(20)32-21)16-6-7-17(19(27)12-16)13-30-24(36)23-33-25(37-34-23)26(2,3)4/h6-7,9,11-12,14-15H,5,8,10,13H2,1-4H3,(H,28,35)(H,30,36)(H,29,31,32). The van der Waals surface area contributed by atoms with Crippen molar-refractivity contribution < 1.29 is 18.5 Å². The second-order valence-electron chi connectivity index (χ2n) is 9.81. The summed E-state index contributed by atoms with van der Waals surface area (Å²) in [6.45, 7) is 8.27. The van der Waals surface area contributed by atoms with Crippen molar-refractivity contribution in [2.24, 2.45) is 0 Å². The minimum atomic E-state index is -0.544. The number of halogens is 1. The second kappa shape index (κ2) is 10.9. The summed E-state index contributed by atoms with van der Waals surface area (Å²) >= 11 is 0. The zero-order valence-corrected chi connectivity index (χ0v) is 21.3. The van der Waals surface area contributed by atoms with Gasteiger partial charge in [-0.1, -0.05) is 45.0 Å². The van der Waals surface area contributed by atoms with Gasteiger partial charge in [0.1, 0.15) is 11.6 Å². The van der Waals surface area contributed by atoms with Crippen LogP contribution in [-0.4, -0.2) is 44.0 Å². The average Bonchev–Trinajstić information content (AvgIpc) is 3.53. The van der Waals surface area contributed by atoms with Crippen LogP contribution < -0.4 is 10.6 Å². The molecule has 0 spiro atoms. The third kappa shape index (κ3) is 5.82. The Hall–Kier alpha value is -4.15. The molecular weight excluding hydrogens is 477 g/mol. The Morgan fingerprint density at radius 2 is 2.05 bits per heavy atom. The number of H-pyrrole nitrogens is 1. The Bertz CT molecular complexity index is 1410. The number of hydrogen-bond acceptors (Lipinski definition) is 7. The molecule has 3 aromatic heterocycles. The molecule has 1 atom stereocenters. The van der Waals surface area contributed by atoms with Crippen LogP contribution in [0.2, 0.25) is 0 Å². The van der Waals surface area contributed by atoms with Crippen molar-refractivity contribution in [1.82, 2.24) is 35.7 Å². The van der Waals surface area contributed by atoms with Crippen molar-refractivity contribution >= 4 is 23.5 Å². The van der Waals surface area contributed by atoms with Crippen LogP contribution in [0.15, 0.2) is 35.0 Å². The van der Waals surface area contributed by atoms with Gasteiger partial charge < -0.3 is 20.1 Å². The fraction of sp³-hybridized carbons (Fsp3) is 0.385. The van der Waals surface area contributed by atoms with E-state index in [9.17, 15) is 9.59 Å². The predicted octanol–water partition coefficient (Wildman–Crippen LogP) is 4.00. The van der Waals surface area contributed by atoms with Gasteiger partial charge in [-0.05, 0) is 30.5 Å². The molecular formula is C26H30FN7O3. The molecule has 4 rings (SSSR count). The lowest BCUT2D eigenvalue weighted by Crippen LogP contribution is -2.24. The second-order valence-corrected chi connectivity index (χ2v) is 9.81.